The van der Waals surface area contributed by atoms with E-state index in [2.05, 4.69) is 72.3 Å². The topological polar surface area (TPSA) is 71.4 Å². The van der Waals surface area contributed by atoms with Crippen molar-refractivity contribution in [3.8, 4) is 0 Å². The average Bonchev–Trinajstić information content (AvgIpc) is 3.16. The summed E-state index contributed by atoms with van der Waals surface area (Å²) in [7, 11) is -3.59. The van der Waals surface area contributed by atoms with Gasteiger partial charge in [-0.3, -0.25) is 4.79 Å². The lowest BCUT2D eigenvalue weighted by Crippen LogP contribution is -2.38. The van der Waals surface area contributed by atoms with Crippen LogP contribution in [0.2, 0.25) is 0 Å². The van der Waals surface area contributed by atoms with Crippen LogP contribution in [-0.4, -0.2) is 36.3 Å². The van der Waals surface area contributed by atoms with Crippen LogP contribution in [0, 0.1) is 13.8 Å². The smallest absolute Gasteiger partial charge is 0.243 e. The molecule has 0 unspecified atom stereocenters. The fourth-order valence-corrected chi connectivity index (χ4v) is 7.05. The molecule has 192 valence electrons. The maximum absolute atomic E-state index is 13.3. The Morgan fingerprint density at radius 2 is 1.57 bits per heavy atom. The predicted octanol–water partition coefficient (Wildman–Crippen LogP) is 5.83. The standard InChI is InChI=1S/C30H33N3O3S/c1-21-8-4-5-9-25(21)20-33-22(2)30(28-10-6-7-11-29(28)33)24-16-18-32(19-17-24)37(35,36)27-14-12-26(13-15-27)31-23(3)34/h4-15,24H,16-20H2,1-3H3,(H,31,34). The van der Waals surface area contributed by atoms with Crippen molar-refractivity contribution in [3.63, 3.8) is 0 Å². The number of nitrogens with one attached hydrogen (secondary N) is 1. The first-order chi connectivity index (χ1) is 17.8. The van der Waals surface area contributed by atoms with E-state index in [1.54, 1.807) is 28.6 Å². The molecule has 7 heteroatoms. The molecule has 0 bridgehead atoms. The van der Waals surface area contributed by atoms with E-state index >= 15 is 0 Å². The number of piperidine rings is 1. The third-order valence-corrected chi connectivity index (χ3v) is 9.46. The highest BCUT2D eigenvalue weighted by Gasteiger charge is 2.32. The van der Waals surface area contributed by atoms with Crippen molar-refractivity contribution in [3.05, 3.63) is 95.2 Å². The van der Waals surface area contributed by atoms with Gasteiger partial charge in [0.05, 0.1) is 4.90 Å². The molecule has 1 aliphatic heterocycles. The van der Waals surface area contributed by atoms with Crippen molar-refractivity contribution in [2.75, 3.05) is 18.4 Å². The zero-order valence-corrected chi connectivity index (χ0v) is 22.4. The van der Waals surface area contributed by atoms with Crippen LogP contribution in [0.3, 0.4) is 0 Å². The number of hydrogen-bond acceptors (Lipinski definition) is 3. The quantitative estimate of drug-likeness (QED) is 0.351. The van der Waals surface area contributed by atoms with E-state index < -0.39 is 10.0 Å². The van der Waals surface area contributed by atoms with Crippen molar-refractivity contribution in [2.45, 2.75) is 51.0 Å². The van der Waals surface area contributed by atoms with Gasteiger partial charge in [0.15, 0.2) is 0 Å². The SMILES string of the molecule is CC(=O)Nc1ccc(S(=O)(=O)N2CCC(c3c(C)n(Cc4ccccc4C)c4ccccc34)CC2)cc1. The molecule has 1 aliphatic rings. The number of sulfonamides is 1. The van der Waals surface area contributed by atoms with E-state index in [1.807, 2.05) is 0 Å². The van der Waals surface area contributed by atoms with E-state index in [9.17, 15) is 13.2 Å². The molecule has 1 saturated heterocycles. The molecule has 1 aromatic heterocycles. The predicted molar refractivity (Wildman–Crippen MR) is 148 cm³/mol. The summed E-state index contributed by atoms with van der Waals surface area (Å²) < 4.78 is 30.6. The molecule has 6 nitrogen and oxygen atoms in total. The molecule has 0 spiro atoms. The Hall–Kier alpha value is -3.42. The van der Waals surface area contributed by atoms with Crippen molar-refractivity contribution in [1.29, 1.82) is 0 Å². The van der Waals surface area contributed by atoms with Crippen LogP contribution in [0.4, 0.5) is 5.69 Å². The molecule has 37 heavy (non-hydrogen) atoms. The fraction of sp³-hybridized carbons (Fsp3) is 0.300. The minimum Gasteiger partial charge on any atom is -0.340 e. The van der Waals surface area contributed by atoms with Gasteiger partial charge in [0.25, 0.3) is 0 Å². The lowest BCUT2D eigenvalue weighted by atomic mass is 9.88. The third-order valence-electron chi connectivity index (χ3n) is 7.54. The zero-order valence-electron chi connectivity index (χ0n) is 21.6. The molecule has 4 aromatic rings. The monoisotopic (exact) mass is 515 g/mol. The highest BCUT2D eigenvalue weighted by atomic mass is 32.2. The number of carbonyl (C=O) groups is 1. The summed E-state index contributed by atoms with van der Waals surface area (Å²) in [6, 6.07) is 23.5. The van der Waals surface area contributed by atoms with Gasteiger partial charge in [0.2, 0.25) is 15.9 Å². The molecule has 3 aromatic carbocycles. The van der Waals surface area contributed by atoms with Crippen molar-refractivity contribution < 1.29 is 13.2 Å². The van der Waals surface area contributed by atoms with E-state index in [0.717, 1.165) is 19.4 Å². The summed E-state index contributed by atoms with van der Waals surface area (Å²) in [6.45, 7) is 7.57. The number of nitrogens with zero attached hydrogens (tertiary/aromatic N) is 2. The van der Waals surface area contributed by atoms with Crippen molar-refractivity contribution in [1.82, 2.24) is 8.87 Å². The maximum atomic E-state index is 13.3. The Bertz CT molecular complexity index is 1550. The molecule has 2 heterocycles. The van der Waals surface area contributed by atoms with Gasteiger partial charge in [0.1, 0.15) is 0 Å². The fourth-order valence-electron chi connectivity index (χ4n) is 5.58. The van der Waals surface area contributed by atoms with Gasteiger partial charge in [-0.15, -0.1) is 0 Å². The van der Waals surface area contributed by atoms with Crippen LogP contribution >= 0.6 is 0 Å². The van der Waals surface area contributed by atoms with Gasteiger partial charge in [-0.1, -0.05) is 42.5 Å². The summed E-state index contributed by atoms with van der Waals surface area (Å²) in [5, 5.41) is 3.94. The Morgan fingerprint density at radius 3 is 2.24 bits per heavy atom. The number of benzene rings is 3. The number of aryl methyl sites for hydroxylation is 1. The van der Waals surface area contributed by atoms with Crippen LogP contribution in [0.5, 0.6) is 0 Å². The Labute approximate surface area is 219 Å². The van der Waals surface area contributed by atoms with E-state index in [-0.39, 0.29) is 10.8 Å². The molecular weight excluding hydrogens is 482 g/mol. The number of aromatic nitrogens is 1. The lowest BCUT2D eigenvalue weighted by Gasteiger charge is -2.31. The maximum Gasteiger partial charge on any atom is 0.243 e. The normalized spacial score (nSPS) is 15.2. The van der Waals surface area contributed by atoms with Crippen LogP contribution in [-0.2, 0) is 21.4 Å². The minimum atomic E-state index is -3.59. The van der Waals surface area contributed by atoms with Crippen molar-refractivity contribution in [2.24, 2.45) is 0 Å². The summed E-state index contributed by atoms with van der Waals surface area (Å²) in [4.78, 5) is 11.5. The molecule has 0 radical (unpaired) electrons. The number of para-hydroxylation sites is 1. The molecule has 0 atom stereocenters. The van der Waals surface area contributed by atoms with E-state index in [0.29, 0.717) is 24.7 Å². The highest BCUT2D eigenvalue weighted by molar-refractivity contribution is 7.89. The summed E-state index contributed by atoms with van der Waals surface area (Å²) in [6.07, 6.45) is 1.56. The van der Waals surface area contributed by atoms with Gasteiger partial charge >= 0.3 is 0 Å². The summed E-state index contributed by atoms with van der Waals surface area (Å²) in [5.41, 5.74) is 7.02. The minimum absolute atomic E-state index is 0.187. The highest BCUT2D eigenvalue weighted by Crippen LogP contribution is 2.39. The average molecular weight is 516 g/mol. The molecule has 1 amide bonds. The number of rotatable bonds is 6. The second-order valence-corrected chi connectivity index (χ2v) is 11.9. The number of fused-ring (bicyclic) bond motifs is 1. The summed E-state index contributed by atoms with van der Waals surface area (Å²) >= 11 is 0. The molecule has 0 saturated carbocycles. The Balaban J connectivity index is 1.38. The Morgan fingerprint density at radius 1 is 0.919 bits per heavy atom. The van der Waals surface area contributed by atoms with E-state index in [4.69, 9.17) is 0 Å². The van der Waals surface area contributed by atoms with Crippen molar-refractivity contribution >= 4 is 32.5 Å². The molecule has 5 rings (SSSR count). The number of hydrogen-bond donors (Lipinski definition) is 1. The van der Waals surface area contributed by atoms with Gasteiger partial charge in [-0.25, -0.2) is 8.42 Å². The van der Waals surface area contributed by atoms with Gasteiger partial charge < -0.3 is 9.88 Å². The van der Waals surface area contributed by atoms with Crippen LogP contribution in [0.1, 0.15) is 48.1 Å². The number of carbonyl (C=O) groups excluding carboxylic acids is 1. The van der Waals surface area contributed by atoms with Gasteiger partial charge in [0, 0.05) is 48.8 Å². The van der Waals surface area contributed by atoms with E-state index in [1.165, 1.54) is 40.2 Å². The van der Waals surface area contributed by atoms with Gasteiger partial charge in [-0.2, -0.15) is 4.31 Å². The first kappa shape index (κ1) is 25.2. The first-order valence-corrected chi connectivity index (χ1v) is 14.2. The van der Waals surface area contributed by atoms with Crippen LogP contribution < -0.4 is 5.32 Å². The molecule has 0 aliphatic carbocycles. The third kappa shape index (κ3) is 4.93. The van der Waals surface area contributed by atoms with Crippen LogP contribution in [0.15, 0.2) is 77.7 Å². The van der Waals surface area contributed by atoms with Crippen LogP contribution in [0.25, 0.3) is 10.9 Å². The Kier molecular flexibility index (Phi) is 6.92. The second kappa shape index (κ2) is 10.1. The first-order valence-electron chi connectivity index (χ1n) is 12.8. The summed E-state index contributed by atoms with van der Waals surface area (Å²) in [5.74, 6) is 0.116. The number of anilines is 1. The molecule has 1 N–H and O–H groups in total. The number of amides is 1. The largest absolute Gasteiger partial charge is 0.340 e. The molecular formula is C30H33N3O3S. The molecule has 1 fully saturated rings. The van der Waals surface area contributed by atoms with Gasteiger partial charge in [-0.05, 0) is 79.6 Å². The second-order valence-electron chi connectivity index (χ2n) is 9.91. The lowest BCUT2D eigenvalue weighted by molar-refractivity contribution is -0.114. The zero-order chi connectivity index (χ0) is 26.2.